The Bertz CT molecular complexity index is 1250. The molecule has 0 atom stereocenters. The highest BCUT2D eigenvalue weighted by Crippen LogP contribution is 2.35. The SMILES string of the molecule is Cc1nc2ncnn2c(C)c1CCC(=O)Nc1cc(C2CCCC2)nn1-c1ccccc1. The summed E-state index contributed by atoms with van der Waals surface area (Å²) in [5.41, 5.74) is 4.89. The van der Waals surface area contributed by atoms with Crippen molar-refractivity contribution in [2.45, 2.75) is 58.3 Å². The number of fused-ring (bicyclic) bond motifs is 1. The van der Waals surface area contributed by atoms with Crippen molar-refractivity contribution >= 4 is 17.5 Å². The fourth-order valence-electron chi connectivity index (χ4n) is 4.64. The first-order valence-corrected chi connectivity index (χ1v) is 11.2. The maximum absolute atomic E-state index is 12.9. The summed E-state index contributed by atoms with van der Waals surface area (Å²) >= 11 is 0. The minimum absolute atomic E-state index is 0.0439. The van der Waals surface area contributed by atoms with Crippen LogP contribution in [0, 0.1) is 13.8 Å². The molecule has 1 aliphatic rings. The van der Waals surface area contributed by atoms with Crippen molar-refractivity contribution in [3.8, 4) is 5.69 Å². The molecule has 164 valence electrons. The van der Waals surface area contributed by atoms with Gasteiger partial charge in [-0.15, -0.1) is 0 Å². The summed E-state index contributed by atoms with van der Waals surface area (Å²) in [5, 5.41) is 12.2. The number of aromatic nitrogens is 6. The molecule has 1 amide bonds. The van der Waals surface area contributed by atoms with E-state index in [1.54, 1.807) is 4.52 Å². The standard InChI is InChI=1S/C24H27N7O/c1-16-20(17(2)30-24(27-16)25-15-26-30)12-13-23(32)28-22-14-21(18-8-6-7-9-18)29-31(22)19-10-4-3-5-11-19/h3-5,10-11,14-15,18H,6-9,12-13H2,1-2H3,(H,28,32). The smallest absolute Gasteiger partial charge is 0.252 e. The van der Waals surface area contributed by atoms with Crippen LogP contribution in [0.4, 0.5) is 5.82 Å². The Balaban J connectivity index is 1.36. The molecular formula is C24H27N7O. The molecule has 3 heterocycles. The number of benzene rings is 1. The van der Waals surface area contributed by atoms with Crippen LogP contribution in [0.1, 0.15) is 60.7 Å². The van der Waals surface area contributed by atoms with Gasteiger partial charge in [0.15, 0.2) is 0 Å². The van der Waals surface area contributed by atoms with Crippen molar-refractivity contribution in [2.24, 2.45) is 0 Å². The van der Waals surface area contributed by atoms with Gasteiger partial charge in [0.1, 0.15) is 12.1 Å². The number of hydrogen-bond acceptors (Lipinski definition) is 5. The van der Waals surface area contributed by atoms with Crippen LogP contribution in [-0.4, -0.2) is 35.3 Å². The number of hydrogen-bond donors (Lipinski definition) is 1. The summed E-state index contributed by atoms with van der Waals surface area (Å²) in [6.45, 7) is 3.94. The lowest BCUT2D eigenvalue weighted by molar-refractivity contribution is -0.116. The second-order valence-corrected chi connectivity index (χ2v) is 8.46. The van der Waals surface area contributed by atoms with Crippen LogP contribution in [0.5, 0.6) is 0 Å². The molecule has 4 aromatic rings. The monoisotopic (exact) mass is 429 g/mol. The van der Waals surface area contributed by atoms with Crippen LogP contribution in [0.3, 0.4) is 0 Å². The summed E-state index contributed by atoms with van der Waals surface area (Å²) in [4.78, 5) is 21.6. The fraction of sp³-hybridized carbons (Fsp3) is 0.375. The number of rotatable bonds is 6. The van der Waals surface area contributed by atoms with Gasteiger partial charge >= 0.3 is 0 Å². The Hall–Kier alpha value is -3.55. The summed E-state index contributed by atoms with van der Waals surface area (Å²) in [5.74, 6) is 1.74. The van der Waals surface area contributed by atoms with Crippen molar-refractivity contribution in [1.82, 2.24) is 29.4 Å². The van der Waals surface area contributed by atoms with Crippen molar-refractivity contribution in [3.63, 3.8) is 0 Å². The van der Waals surface area contributed by atoms with Crippen molar-refractivity contribution in [1.29, 1.82) is 0 Å². The van der Waals surface area contributed by atoms with Crippen LogP contribution >= 0.6 is 0 Å². The number of para-hydroxylation sites is 1. The molecule has 5 rings (SSSR count). The van der Waals surface area contributed by atoms with Crippen LogP contribution in [0.15, 0.2) is 42.7 Å². The summed E-state index contributed by atoms with van der Waals surface area (Å²) in [6, 6.07) is 12.0. The normalized spacial score (nSPS) is 14.3. The third kappa shape index (κ3) is 3.88. The number of nitrogens with zero attached hydrogens (tertiary/aromatic N) is 6. The van der Waals surface area contributed by atoms with Gasteiger partial charge in [0.05, 0.1) is 11.4 Å². The molecule has 8 nitrogen and oxygen atoms in total. The van der Waals surface area contributed by atoms with E-state index in [4.69, 9.17) is 5.10 Å². The largest absolute Gasteiger partial charge is 0.311 e. The van der Waals surface area contributed by atoms with E-state index < -0.39 is 0 Å². The minimum Gasteiger partial charge on any atom is -0.311 e. The Morgan fingerprint density at radius 3 is 2.72 bits per heavy atom. The molecule has 0 spiro atoms. The molecule has 0 saturated heterocycles. The molecule has 1 aliphatic carbocycles. The first-order chi connectivity index (χ1) is 15.6. The molecule has 0 radical (unpaired) electrons. The van der Waals surface area contributed by atoms with Crippen LogP contribution in [0.25, 0.3) is 11.5 Å². The van der Waals surface area contributed by atoms with E-state index in [1.807, 2.05) is 54.9 Å². The molecule has 1 N–H and O–H groups in total. The first-order valence-electron chi connectivity index (χ1n) is 11.2. The molecule has 0 aliphatic heterocycles. The molecule has 1 saturated carbocycles. The summed E-state index contributed by atoms with van der Waals surface area (Å²) in [6.07, 6.45) is 7.24. The molecule has 1 fully saturated rings. The Kier molecular flexibility index (Phi) is 5.43. The molecule has 1 aromatic carbocycles. The third-order valence-electron chi connectivity index (χ3n) is 6.36. The molecule has 0 unspecified atom stereocenters. The van der Waals surface area contributed by atoms with E-state index in [0.717, 1.165) is 47.0 Å². The van der Waals surface area contributed by atoms with Gasteiger partial charge < -0.3 is 5.32 Å². The Labute approximate surface area is 186 Å². The predicted molar refractivity (Wildman–Crippen MR) is 122 cm³/mol. The Morgan fingerprint density at radius 1 is 1.16 bits per heavy atom. The molecule has 32 heavy (non-hydrogen) atoms. The van der Waals surface area contributed by atoms with E-state index in [0.29, 0.717) is 24.5 Å². The lowest BCUT2D eigenvalue weighted by Gasteiger charge is -2.11. The van der Waals surface area contributed by atoms with Gasteiger partial charge in [0.25, 0.3) is 5.78 Å². The van der Waals surface area contributed by atoms with Gasteiger partial charge in [-0.3, -0.25) is 4.79 Å². The highest BCUT2D eigenvalue weighted by molar-refractivity contribution is 5.90. The average Bonchev–Trinajstić information content (AvgIpc) is 3.55. The van der Waals surface area contributed by atoms with Gasteiger partial charge in [-0.05, 0) is 50.8 Å². The van der Waals surface area contributed by atoms with Gasteiger partial charge in [-0.2, -0.15) is 15.2 Å². The van der Waals surface area contributed by atoms with Crippen molar-refractivity contribution in [2.75, 3.05) is 5.32 Å². The van der Waals surface area contributed by atoms with Crippen molar-refractivity contribution in [3.05, 3.63) is 65.4 Å². The summed E-state index contributed by atoms with van der Waals surface area (Å²) < 4.78 is 3.57. The number of amides is 1. The van der Waals surface area contributed by atoms with E-state index in [-0.39, 0.29) is 5.91 Å². The van der Waals surface area contributed by atoms with Gasteiger partial charge in [-0.1, -0.05) is 31.0 Å². The van der Waals surface area contributed by atoms with E-state index >= 15 is 0 Å². The molecule has 3 aromatic heterocycles. The number of anilines is 1. The van der Waals surface area contributed by atoms with E-state index in [9.17, 15) is 4.79 Å². The van der Waals surface area contributed by atoms with E-state index in [1.165, 1.54) is 19.2 Å². The van der Waals surface area contributed by atoms with Crippen molar-refractivity contribution < 1.29 is 4.79 Å². The number of carbonyl (C=O) groups excluding carboxylic acids is 1. The number of carbonyl (C=O) groups is 1. The quantitative estimate of drug-likeness (QED) is 0.497. The zero-order chi connectivity index (χ0) is 22.1. The third-order valence-corrected chi connectivity index (χ3v) is 6.36. The van der Waals surface area contributed by atoms with E-state index in [2.05, 4.69) is 20.4 Å². The maximum Gasteiger partial charge on any atom is 0.252 e. The fourth-order valence-corrected chi connectivity index (χ4v) is 4.64. The number of aryl methyl sites for hydroxylation is 2. The predicted octanol–water partition coefficient (Wildman–Crippen LogP) is 4.16. The van der Waals surface area contributed by atoms with Gasteiger partial charge in [0.2, 0.25) is 5.91 Å². The maximum atomic E-state index is 12.9. The first kappa shape index (κ1) is 20.4. The zero-order valence-electron chi connectivity index (χ0n) is 18.5. The summed E-state index contributed by atoms with van der Waals surface area (Å²) in [7, 11) is 0. The second-order valence-electron chi connectivity index (χ2n) is 8.46. The minimum atomic E-state index is -0.0439. The average molecular weight is 430 g/mol. The van der Waals surface area contributed by atoms with Crippen LogP contribution in [-0.2, 0) is 11.2 Å². The highest BCUT2D eigenvalue weighted by atomic mass is 16.1. The molecule has 0 bridgehead atoms. The Morgan fingerprint density at radius 2 is 1.94 bits per heavy atom. The van der Waals surface area contributed by atoms with Gasteiger partial charge in [0, 0.05) is 29.8 Å². The van der Waals surface area contributed by atoms with Crippen LogP contribution < -0.4 is 5.32 Å². The number of nitrogens with one attached hydrogen (secondary N) is 1. The molecule has 8 heteroatoms. The molecular weight excluding hydrogens is 402 g/mol. The van der Waals surface area contributed by atoms with Gasteiger partial charge in [-0.25, -0.2) is 14.2 Å². The highest BCUT2D eigenvalue weighted by Gasteiger charge is 2.22. The zero-order valence-corrected chi connectivity index (χ0v) is 18.5. The lowest BCUT2D eigenvalue weighted by atomic mass is 10.0. The second kappa shape index (κ2) is 8.53. The lowest BCUT2D eigenvalue weighted by Crippen LogP contribution is -2.16. The van der Waals surface area contributed by atoms with Crippen LogP contribution in [0.2, 0.25) is 0 Å². The topological polar surface area (TPSA) is 90.0 Å².